The summed E-state index contributed by atoms with van der Waals surface area (Å²) in [6, 6.07) is 3.49. The van der Waals surface area contributed by atoms with Crippen molar-refractivity contribution in [2.75, 3.05) is 13.2 Å². The van der Waals surface area contributed by atoms with Gasteiger partial charge in [0.25, 0.3) is 0 Å². The van der Waals surface area contributed by atoms with Gasteiger partial charge in [-0.15, -0.1) is 0 Å². The van der Waals surface area contributed by atoms with E-state index in [1.807, 2.05) is 13.8 Å². The first-order chi connectivity index (χ1) is 9.84. The molecule has 1 aromatic carbocycles. The van der Waals surface area contributed by atoms with Crippen molar-refractivity contribution in [3.8, 4) is 0 Å². The van der Waals surface area contributed by atoms with Crippen molar-refractivity contribution in [2.45, 2.75) is 32.6 Å². The van der Waals surface area contributed by atoms with Gasteiger partial charge in [0.05, 0.1) is 0 Å². The van der Waals surface area contributed by atoms with E-state index in [9.17, 15) is 13.6 Å². The first-order valence-electron chi connectivity index (χ1n) is 7.17. The van der Waals surface area contributed by atoms with E-state index in [0.717, 1.165) is 6.07 Å². The highest BCUT2D eigenvalue weighted by atomic mass is 19.1. The minimum Gasteiger partial charge on any atom is -0.396 e. The number of rotatable bonds is 6. The molecule has 1 aliphatic rings. The smallest absolute Gasteiger partial charge is 0.223 e. The van der Waals surface area contributed by atoms with Crippen molar-refractivity contribution in [3.63, 3.8) is 0 Å². The molecule has 5 heteroatoms. The minimum absolute atomic E-state index is 0.0791. The molecule has 2 unspecified atom stereocenters. The molecule has 0 spiro atoms. The second kappa shape index (κ2) is 6.10. The monoisotopic (exact) mass is 297 g/mol. The summed E-state index contributed by atoms with van der Waals surface area (Å²) in [6.07, 6.45) is 1.20. The lowest BCUT2D eigenvalue weighted by atomic mass is 9.89. The summed E-state index contributed by atoms with van der Waals surface area (Å²) in [4.78, 5) is 12.0. The van der Waals surface area contributed by atoms with Gasteiger partial charge in [0.2, 0.25) is 5.91 Å². The lowest BCUT2D eigenvalue weighted by molar-refractivity contribution is -0.122. The van der Waals surface area contributed by atoms with Crippen molar-refractivity contribution in [3.05, 3.63) is 35.4 Å². The standard InChI is InChI=1S/C16H21F2NO2/c1-16(2,5-6-20)9-19-15(21)13-8-12(13)11-4-3-10(17)7-14(11)18/h3-4,7,12-13,20H,5-6,8-9H2,1-2H3,(H,19,21). The van der Waals surface area contributed by atoms with E-state index >= 15 is 0 Å². The van der Waals surface area contributed by atoms with Crippen LogP contribution in [0.25, 0.3) is 0 Å². The van der Waals surface area contributed by atoms with E-state index in [0.29, 0.717) is 24.9 Å². The Morgan fingerprint density at radius 1 is 1.43 bits per heavy atom. The van der Waals surface area contributed by atoms with Crippen molar-refractivity contribution < 1.29 is 18.7 Å². The van der Waals surface area contributed by atoms with Crippen LogP contribution in [0, 0.1) is 23.0 Å². The third kappa shape index (κ3) is 4.00. The molecule has 0 aliphatic heterocycles. The molecule has 0 radical (unpaired) electrons. The predicted octanol–water partition coefficient (Wildman–Crippen LogP) is 2.59. The molecule has 1 aromatic rings. The second-order valence-corrected chi connectivity index (χ2v) is 6.47. The summed E-state index contributed by atoms with van der Waals surface area (Å²) in [5, 5.41) is 11.8. The Kier molecular flexibility index (Phi) is 4.61. The lowest BCUT2D eigenvalue weighted by Gasteiger charge is -2.23. The minimum atomic E-state index is -0.608. The summed E-state index contributed by atoms with van der Waals surface area (Å²) in [7, 11) is 0. The fraction of sp³-hybridized carbons (Fsp3) is 0.562. The maximum Gasteiger partial charge on any atom is 0.223 e. The van der Waals surface area contributed by atoms with Crippen LogP contribution in [0.5, 0.6) is 0 Å². The first kappa shape index (κ1) is 15.9. The van der Waals surface area contributed by atoms with Crippen molar-refractivity contribution in [1.82, 2.24) is 5.32 Å². The second-order valence-electron chi connectivity index (χ2n) is 6.47. The number of hydrogen-bond acceptors (Lipinski definition) is 2. The molecule has 2 atom stereocenters. The zero-order valence-corrected chi connectivity index (χ0v) is 12.3. The highest BCUT2D eigenvalue weighted by Crippen LogP contribution is 2.48. The molecule has 0 heterocycles. The van der Waals surface area contributed by atoms with Crippen LogP contribution < -0.4 is 5.32 Å². The third-order valence-corrected chi connectivity index (χ3v) is 4.02. The van der Waals surface area contributed by atoms with Crippen molar-refractivity contribution >= 4 is 5.91 Å². The van der Waals surface area contributed by atoms with E-state index in [1.54, 1.807) is 0 Å². The molecule has 1 aliphatic carbocycles. The van der Waals surface area contributed by atoms with E-state index < -0.39 is 11.6 Å². The molecule has 1 fully saturated rings. The van der Waals surface area contributed by atoms with Crippen LogP contribution in [0.3, 0.4) is 0 Å². The molecular formula is C16H21F2NO2. The number of benzene rings is 1. The summed E-state index contributed by atoms with van der Waals surface area (Å²) in [5.74, 6) is -1.70. The molecule has 1 amide bonds. The topological polar surface area (TPSA) is 49.3 Å². The maximum absolute atomic E-state index is 13.7. The number of aliphatic hydroxyl groups excluding tert-OH is 1. The maximum atomic E-state index is 13.7. The van der Waals surface area contributed by atoms with Crippen LogP contribution in [0.1, 0.15) is 38.2 Å². The Balaban J connectivity index is 1.89. The molecule has 0 saturated heterocycles. The van der Waals surface area contributed by atoms with Gasteiger partial charge < -0.3 is 10.4 Å². The van der Waals surface area contributed by atoms with Crippen LogP contribution >= 0.6 is 0 Å². The first-order valence-corrected chi connectivity index (χ1v) is 7.17. The molecule has 3 nitrogen and oxygen atoms in total. The summed E-state index contributed by atoms with van der Waals surface area (Å²) in [5.41, 5.74) is 0.238. The Hall–Kier alpha value is -1.49. The van der Waals surface area contributed by atoms with Gasteiger partial charge in [-0.05, 0) is 35.8 Å². The zero-order valence-electron chi connectivity index (χ0n) is 12.3. The number of halogens is 2. The Bertz CT molecular complexity index is 531. The number of carbonyl (C=O) groups is 1. The largest absolute Gasteiger partial charge is 0.396 e. The average Bonchev–Trinajstić information content (AvgIpc) is 3.16. The van der Waals surface area contributed by atoms with Gasteiger partial charge in [-0.2, -0.15) is 0 Å². The highest BCUT2D eigenvalue weighted by Gasteiger charge is 2.45. The molecule has 2 N–H and O–H groups in total. The van der Waals surface area contributed by atoms with E-state index in [2.05, 4.69) is 5.32 Å². The fourth-order valence-corrected chi connectivity index (χ4v) is 2.48. The molecule has 2 rings (SSSR count). The number of amides is 1. The van der Waals surface area contributed by atoms with Gasteiger partial charge in [0.15, 0.2) is 0 Å². The Morgan fingerprint density at radius 2 is 2.14 bits per heavy atom. The predicted molar refractivity (Wildman–Crippen MR) is 75.7 cm³/mol. The fourth-order valence-electron chi connectivity index (χ4n) is 2.48. The summed E-state index contributed by atoms with van der Waals surface area (Å²) in [6.45, 7) is 4.48. The molecule has 0 bridgehead atoms. The molecule has 0 aromatic heterocycles. The zero-order chi connectivity index (χ0) is 15.6. The quantitative estimate of drug-likeness (QED) is 0.848. The Labute approximate surface area is 123 Å². The summed E-state index contributed by atoms with van der Waals surface area (Å²) >= 11 is 0. The SMILES string of the molecule is CC(C)(CCO)CNC(=O)C1CC1c1ccc(F)cc1F. The van der Waals surface area contributed by atoms with Crippen LogP contribution in [0.4, 0.5) is 8.78 Å². The van der Waals surface area contributed by atoms with Crippen LogP contribution in [-0.2, 0) is 4.79 Å². The highest BCUT2D eigenvalue weighted by molar-refractivity contribution is 5.82. The van der Waals surface area contributed by atoms with E-state index in [4.69, 9.17) is 5.11 Å². The van der Waals surface area contributed by atoms with Crippen molar-refractivity contribution in [1.29, 1.82) is 0 Å². The van der Waals surface area contributed by atoms with Gasteiger partial charge >= 0.3 is 0 Å². The number of carbonyl (C=O) groups excluding carboxylic acids is 1. The van der Waals surface area contributed by atoms with Crippen LogP contribution in [0.15, 0.2) is 18.2 Å². The van der Waals surface area contributed by atoms with E-state index in [-0.39, 0.29) is 29.8 Å². The van der Waals surface area contributed by atoms with E-state index in [1.165, 1.54) is 12.1 Å². The number of nitrogens with one attached hydrogen (secondary N) is 1. The molecule has 21 heavy (non-hydrogen) atoms. The number of hydrogen-bond donors (Lipinski definition) is 2. The lowest BCUT2D eigenvalue weighted by Crippen LogP contribution is -2.35. The van der Waals surface area contributed by atoms with Gasteiger partial charge in [-0.3, -0.25) is 4.79 Å². The summed E-state index contributed by atoms with van der Waals surface area (Å²) < 4.78 is 26.5. The van der Waals surface area contributed by atoms with Gasteiger partial charge in [-0.25, -0.2) is 8.78 Å². The third-order valence-electron chi connectivity index (χ3n) is 4.02. The van der Waals surface area contributed by atoms with Crippen LogP contribution in [0.2, 0.25) is 0 Å². The Morgan fingerprint density at radius 3 is 2.76 bits per heavy atom. The molecule has 1 saturated carbocycles. The number of aliphatic hydroxyl groups is 1. The van der Waals surface area contributed by atoms with Gasteiger partial charge in [0.1, 0.15) is 11.6 Å². The molecular weight excluding hydrogens is 276 g/mol. The van der Waals surface area contributed by atoms with Crippen molar-refractivity contribution in [2.24, 2.45) is 11.3 Å². The average molecular weight is 297 g/mol. The van der Waals surface area contributed by atoms with Gasteiger partial charge in [0, 0.05) is 25.1 Å². The normalized spacial score (nSPS) is 21.2. The molecule has 116 valence electrons. The van der Waals surface area contributed by atoms with Crippen LogP contribution in [-0.4, -0.2) is 24.2 Å². The van der Waals surface area contributed by atoms with Gasteiger partial charge in [-0.1, -0.05) is 19.9 Å².